The zero-order valence-electron chi connectivity index (χ0n) is 9.64. The van der Waals surface area contributed by atoms with Crippen LogP contribution in [0.4, 0.5) is 0 Å². The smallest absolute Gasteiger partial charge is 0.133 e. The van der Waals surface area contributed by atoms with Gasteiger partial charge in [-0.1, -0.05) is 52.3 Å². The van der Waals surface area contributed by atoms with Crippen molar-refractivity contribution in [3.63, 3.8) is 0 Å². The first-order valence-corrected chi connectivity index (χ1v) is 6.52. The van der Waals surface area contributed by atoms with Crippen LogP contribution in [0.25, 0.3) is 22.5 Å². The lowest BCUT2D eigenvalue weighted by atomic mass is 10.0. The summed E-state index contributed by atoms with van der Waals surface area (Å²) < 4.78 is 6.47. The van der Waals surface area contributed by atoms with Crippen molar-refractivity contribution >= 4 is 15.9 Å². The lowest BCUT2D eigenvalue weighted by Crippen LogP contribution is -1.78. The number of halogens is 1. The van der Waals surface area contributed by atoms with Gasteiger partial charge in [0.15, 0.2) is 0 Å². The Kier molecular flexibility index (Phi) is 3.03. The highest BCUT2D eigenvalue weighted by Crippen LogP contribution is 2.25. The molecular weight excluding hydrogens is 288 g/mol. The van der Waals surface area contributed by atoms with Gasteiger partial charge in [-0.05, 0) is 35.4 Å². The van der Waals surface area contributed by atoms with Crippen LogP contribution in [0.15, 0.2) is 75.8 Å². The maximum absolute atomic E-state index is 5.37. The third-order valence-electron chi connectivity index (χ3n) is 2.87. The molecule has 0 fully saturated rings. The van der Waals surface area contributed by atoms with E-state index in [9.17, 15) is 0 Å². The molecule has 88 valence electrons. The number of hydrogen-bond acceptors (Lipinski definition) is 1. The van der Waals surface area contributed by atoms with Gasteiger partial charge >= 0.3 is 0 Å². The van der Waals surface area contributed by atoms with Crippen molar-refractivity contribution in [1.82, 2.24) is 0 Å². The fourth-order valence-electron chi connectivity index (χ4n) is 1.91. The minimum absolute atomic E-state index is 0.900. The minimum Gasteiger partial charge on any atom is -0.464 e. The van der Waals surface area contributed by atoms with Crippen molar-refractivity contribution in [3.05, 3.63) is 71.4 Å². The van der Waals surface area contributed by atoms with E-state index >= 15 is 0 Å². The van der Waals surface area contributed by atoms with Crippen LogP contribution in [0.2, 0.25) is 0 Å². The zero-order chi connectivity index (χ0) is 12.4. The van der Waals surface area contributed by atoms with Gasteiger partial charge in [0.05, 0.1) is 6.26 Å². The molecule has 18 heavy (non-hydrogen) atoms. The predicted molar refractivity (Wildman–Crippen MR) is 77.3 cm³/mol. The van der Waals surface area contributed by atoms with Crippen molar-refractivity contribution in [2.45, 2.75) is 0 Å². The molecule has 3 aromatic rings. The topological polar surface area (TPSA) is 13.1 Å². The number of hydrogen-bond donors (Lipinski definition) is 0. The van der Waals surface area contributed by atoms with Gasteiger partial charge < -0.3 is 4.42 Å². The molecule has 0 spiro atoms. The van der Waals surface area contributed by atoms with Crippen molar-refractivity contribution in [3.8, 4) is 22.5 Å². The molecule has 1 heterocycles. The SMILES string of the molecule is Brc1ccc(-c2ccc(-c3ccco3)cc2)cc1. The maximum Gasteiger partial charge on any atom is 0.133 e. The highest BCUT2D eigenvalue weighted by Gasteiger charge is 2.01. The van der Waals surface area contributed by atoms with Crippen LogP contribution in [0.3, 0.4) is 0 Å². The van der Waals surface area contributed by atoms with E-state index in [1.54, 1.807) is 6.26 Å². The Morgan fingerprint density at radius 1 is 0.667 bits per heavy atom. The van der Waals surface area contributed by atoms with E-state index in [2.05, 4.69) is 64.5 Å². The fraction of sp³-hybridized carbons (Fsp3) is 0. The highest BCUT2D eigenvalue weighted by molar-refractivity contribution is 9.10. The standard InChI is InChI=1S/C16H11BrO/c17-15-9-7-13(8-10-15)12-3-5-14(6-4-12)16-2-1-11-18-16/h1-11H. The molecule has 0 bridgehead atoms. The maximum atomic E-state index is 5.37. The first kappa shape index (κ1) is 11.3. The van der Waals surface area contributed by atoms with Gasteiger partial charge in [0.2, 0.25) is 0 Å². The Bertz CT molecular complexity index is 622. The quantitative estimate of drug-likeness (QED) is 0.619. The summed E-state index contributed by atoms with van der Waals surface area (Å²) in [6.07, 6.45) is 1.69. The highest BCUT2D eigenvalue weighted by atomic mass is 79.9. The molecule has 0 N–H and O–H groups in total. The van der Waals surface area contributed by atoms with E-state index in [-0.39, 0.29) is 0 Å². The lowest BCUT2D eigenvalue weighted by molar-refractivity contribution is 0.582. The minimum atomic E-state index is 0.900. The van der Waals surface area contributed by atoms with Crippen molar-refractivity contribution in [2.24, 2.45) is 0 Å². The Labute approximate surface area is 114 Å². The van der Waals surface area contributed by atoms with Crippen LogP contribution >= 0.6 is 15.9 Å². The van der Waals surface area contributed by atoms with Crippen LogP contribution in [0.1, 0.15) is 0 Å². The zero-order valence-corrected chi connectivity index (χ0v) is 11.2. The third-order valence-corrected chi connectivity index (χ3v) is 3.40. The first-order chi connectivity index (χ1) is 8.83. The van der Waals surface area contributed by atoms with Gasteiger partial charge in [-0.2, -0.15) is 0 Å². The fourth-order valence-corrected chi connectivity index (χ4v) is 2.18. The molecule has 0 radical (unpaired) electrons. The average Bonchev–Trinajstić information content (AvgIpc) is 2.94. The molecule has 0 aliphatic carbocycles. The number of benzene rings is 2. The summed E-state index contributed by atoms with van der Waals surface area (Å²) in [6.45, 7) is 0. The summed E-state index contributed by atoms with van der Waals surface area (Å²) in [7, 11) is 0. The number of rotatable bonds is 2. The summed E-state index contributed by atoms with van der Waals surface area (Å²) >= 11 is 3.44. The Balaban J connectivity index is 1.94. The van der Waals surface area contributed by atoms with E-state index in [0.29, 0.717) is 0 Å². The molecule has 1 nitrogen and oxygen atoms in total. The second-order valence-electron chi connectivity index (χ2n) is 4.06. The third kappa shape index (κ3) is 2.24. The van der Waals surface area contributed by atoms with E-state index in [4.69, 9.17) is 4.42 Å². The average molecular weight is 299 g/mol. The molecule has 0 aliphatic rings. The monoisotopic (exact) mass is 298 g/mol. The van der Waals surface area contributed by atoms with Crippen LogP contribution in [-0.4, -0.2) is 0 Å². The molecule has 0 amide bonds. The Morgan fingerprint density at radius 3 is 1.78 bits per heavy atom. The van der Waals surface area contributed by atoms with Gasteiger partial charge in [-0.25, -0.2) is 0 Å². The molecule has 2 aromatic carbocycles. The van der Waals surface area contributed by atoms with Crippen molar-refractivity contribution in [2.75, 3.05) is 0 Å². The second kappa shape index (κ2) is 4.83. The largest absolute Gasteiger partial charge is 0.464 e. The van der Waals surface area contributed by atoms with Gasteiger partial charge in [-0.15, -0.1) is 0 Å². The normalized spacial score (nSPS) is 10.5. The summed E-state index contributed by atoms with van der Waals surface area (Å²) in [4.78, 5) is 0. The predicted octanol–water partition coefficient (Wildman–Crippen LogP) is 5.38. The van der Waals surface area contributed by atoms with Crippen LogP contribution in [-0.2, 0) is 0 Å². The summed E-state index contributed by atoms with van der Waals surface area (Å²) in [5.41, 5.74) is 3.52. The van der Waals surface area contributed by atoms with E-state index < -0.39 is 0 Å². The van der Waals surface area contributed by atoms with Gasteiger partial charge in [0, 0.05) is 10.0 Å². The van der Waals surface area contributed by atoms with Crippen LogP contribution < -0.4 is 0 Å². The Hall–Kier alpha value is -1.80. The summed E-state index contributed by atoms with van der Waals surface area (Å²) in [5.74, 6) is 0.900. The molecule has 0 aliphatic heterocycles. The lowest BCUT2D eigenvalue weighted by Gasteiger charge is -2.03. The van der Waals surface area contributed by atoms with E-state index in [1.165, 1.54) is 11.1 Å². The van der Waals surface area contributed by atoms with Gasteiger partial charge in [0.1, 0.15) is 5.76 Å². The van der Waals surface area contributed by atoms with Crippen LogP contribution in [0.5, 0.6) is 0 Å². The molecule has 0 saturated heterocycles. The first-order valence-electron chi connectivity index (χ1n) is 5.73. The summed E-state index contributed by atoms with van der Waals surface area (Å²) in [6, 6.07) is 20.6. The molecular formula is C16H11BrO. The molecule has 2 heteroatoms. The second-order valence-corrected chi connectivity index (χ2v) is 4.98. The molecule has 1 aromatic heterocycles. The number of furan rings is 1. The van der Waals surface area contributed by atoms with Crippen LogP contribution in [0, 0.1) is 0 Å². The van der Waals surface area contributed by atoms with Crippen molar-refractivity contribution < 1.29 is 4.42 Å². The van der Waals surface area contributed by atoms with Crippen molar-refractivity contribution in [1.29, 1.82) is 0 Å². The summed E-state index contributed by atoms with van der Waals surface area (Å²) in [5, 5.41) is 0. The van der Waals surface area contributed by atoms with Gasteiger partial charge in [-0.3, -0.25) is 0 Å². The molecule has 3 rings (SSSR count). The molecule has 0 unspecified atom stereocenters. The molecule has 0 atom stereocenters. The van der Waals surface area contributed by atoms with E-state index in [0.717, 1.165) is 15.8 Å². The van der Waals surface area contributed by atoms with Gasteiger partial charge in [0.25, 0.3) is 0 Å². The molecule has 0 saturated carbocycles. The van der Waals surface area contributed by atoms with E-state index in [1.807, 2.05) is 12.1 Å². The Morgan fingerprint density at radius 2 is 1.22 bits per heavy atom.